The van der Waals surface area contributed by atoms with Crippen molar-refractivity contribution in [1.82, 2.24) is 4.98 Å². The van der Waals surface area contributed by atoms with E-state index in [4.69, 9.17) is 0 Å². The van der Waals surface area contributed by atoms with Gasteiger partial charge in [0.05, 0.1) is 18.1 Å². The Morgan fingerprint density at radius 2 is 2.07 bits per heavy atom. The predicted molar refractivity (Wildman–Crippen MR) is 56.7 cm³/mol. The summed E-state index contributed by atoms with van der Waals surface area (Å²) in [6.45, 7) is 3.65. The molecule has 78 valence electrons. The van der Waals surface area contributed by atoms with Gasteiger partial charge in [-0.25, -0.2) is 8.42 Å². The second-order valence-electron chi connectivity index (χ2n) is 3.36. The molecule has 1 aromatic rings. The van der Waals surface area contributed by atoms with Crippen LogP contribution in [-0.2, 0) is 10.0 Å². The van der Waals surface area contributed by atoms with Gasteiger partial charge in [0.25, 0.3) is 0 Å². The van der Waals surface area contributed by atoms with Gasteiger partial charge in [-0.3, -0.25) is 9.29 Å². The number of nitrogens with zero attached hydrogens (tertiary/aromatic N) is 2. The van der Waals surface area contributed by atoms with Gasteiger partial charge in [-0.05, 0) is 26.0 Å². The van der Waals surface area contributed by atoms with E-state index in [0.717, 1.165) is 0 Å². The van der Waals surface area contributed by atoms with Crippen LogP contribution in [0, 0.1) is 0 Å². The zero-order chi connectivity index (χ0) is 10.8. The summed E-state index contributed by atoms with van der Waals surface area (Å²) < 4.78 is 24.3. The first-order valence-corrected chi connectivity index (χ1v) is 6.17. The van der Waals surface area contributed by atoms with E-state index in [2.05, 4.69) is 4.98 Å². The predicted octanol–water partition coefficient (Wildman–Crippen LogP) is 1.26. The van der Waals surface area contributed by atoms with Crippen molar-refractivity contribution in [3.05, 3.63) is 24.5 Å². The normalized spacial score (nSPS) is 11.7. The molecule has 1 aromatic heterocycles. The quantitative estimate of drug-likeness (QED) is 0.761. The smallest absolute Gasteiger partial charge is 0.232 e. The molecule has 5 heteroatoms. The van der Waals surface area contributed by atoms with Gasteiger partial charge in [0.15, 0.2) is 0 Å². The fraction of sp³-hybridized carbons (Fsp3) is 0.444. The zero-order valence-corrected chi connectivity index (χ0v) is 9.32. The molecule has 0 aliphatic carbocycles. The van der Waals surface area contributed by atoms with Crippen LogP contribution in [0.1, 0.15) is 13.8 Å². The Morgan fingerprint density at radius 3 is 2.43 bits per heavy atom. The summed E-state index contributed by atoms with van der Waals surface area (Å²) in [6, 6.07) is 3.35. The van der Waals surface area contributed by atoms with Crippen LogP contribution < -0.4 is 4.31 Å². The van der Waals surface area contributed by atoms with Crippen LogP contribution in [0.3, 0.4) is 0 Å². The first kappa shape index (κ1) is 11.0. The Morgan fingerprint density at radius 1 is 1.43 bits per heavy atom. The Kier molecular flexibility index (Phi) is 3.10. The SMILES string of the molecule is CC(C)N(c1cccnc1)S(C)(=O)=O. The Hall–Kier alpha value is -1.10. The van der Waals surface area contributed by atoms with Crippen LogP contribution in [0.5, 0.6) is 0 Å². The highest BCUT2D eigenvalue weighted by molar-refractivity contribution is 7.92. The first-order valence-electron chi connectivity index (χ1n) is 4.32. The lowest BCUT2D eigenvalue weighted by molar-refractivity contribution is 0.590. The zero-order valence-electron chi connectivity index (χ0n) is 8.51. The Labute approximate surface area is 84.6 Å². The molecular weight excluding hydrogens is 200 g/mol. The molecule has 0 N–H and O–H groups in total. The lowest BCUT2D eigenvalue weighted by atomic mass is 10.3. The van der Waals surface area contributed by atoms with Gasteiger partial charge in [-0.15, -0.1) is 0 Å². The van der Waals surface area contributed by atoms with Crippen LogP contribution in [0.15, 0.2) is 24.5 Å². The average Bonchev–Trinajstić information content (AvgIpc) is 2.02. The van der Waals surface area contributed by atoms with Gasteiger partial charge in [-0.1, -0.05) is 0 Å². The van der Waals surface area contributed by atoms with Crippen molar-refractivity contribution in [1.29, 1.82) is 0 Å². The summed E-state index contributed by atoms with van der Waals surface area (Å²) in [7, 11) is -3.22. The van der Waals surface area contributed by atoms with Crippen molar-refractivity contribution >= 4 is 15.7 Å². The Balaban J connectivity index is 3.15. The molecule has 4 nitrogen and oxygen atoms in total. The molecule has 0 spiro atoms. The lowest BCUT2D eigenvalue weighted by Gasteiger charge is -2.25. The van der Waals surface area contributed by atoms with E-state index in [1.807, 2.05) is 13.8 Å². The molecule has 0 aliphatic heterocycles. The van der Waals surface area contributed by atoms with Crippen molar-refractivity contribution in [3.63, 3.8) is 0 Å². The van der Waals surface area contributed by atoms with Gasteiger partial charge in [0.2, 0.25) is 10.0 Å². The van der Waals surface area contributed by atoms with E-state index >= 15 is 0 Å². The molecule has 0 radical (unpaired) electrons. The minimum atomic E-state index is -3.22. The second-order valence-corrected chi connectivity index (χ2v) is 5.22. The van der Waals surface area contributed by atoms with E-state index in [1.165, 1.54) is 10.6 Å². The van der Waals surface area contributed by atoms with E-state index in [9.17, 15) is 8.42 Å². The Bertz CT molecular complexity index is 387. The molecule has 0 fully saturated rings. The number of sulfonamides is 1. The highest BCUT2D eigenvalue weighted by atomic mass is 32.2. The van der Waals surface area contributed by atoms with Gasteiger partial charge in [-0.2, -0.15) is 0 Å². The number of rotatable bonds is 3. The summed E-state index contributed by atoms with van der Waals surface area (Å²) in [5.74, 6) is 0. The van der Waals surface area contributed by atoms with Crippen LogP contribution >= 0.6 is 0 Å². The largest absolute Gasteiger partial charge is 0.266 e. The molecule has 14 heavy (non-hydrogen) atoms. The van der Waals surface area contributed by atoms with Crippen molar-refractivity contribution in [3.8, 4) is 0 Å². The third-order valence-corrected chi connectivity index (χ3v) is 3.07. The molecule has 0 saturated carbocycles. The van der Waals surface area contributed by atoms with Gasteiger partial charge < -0.3 is 0 Å². The highest BCUT2D eigenvalue weighted by Gasteiger charge is 2.20. The van der Waals surface area contributed by atoms with E-state index in [0.29, 0.717) is 5.69 Å². The van der Waals surface area contributed by atoms with Gasteiger partial charge in [0, 0.05) is 12.2 Å². The van der Waals surface area contributed by atoms with E-state index in [-0.39, 0.29) is 6.04 Å². The van der Waals surface area contributed by atoms with E-state index < -0.39 is 10.0 Å². The molecule has 1 heterocycles. The summed E-state index contributed by atoms with van der Waals surface area (Å²) >= 11 is 0. The summed E-state index contributed by atoms with van der Waals surface area (Å²) in [6.07, 6.45) is 4.35. The van der Waals surface area contributed by atoms with Crippen LogP contribution in [0.25, 0.3) is 0 Å². The highest BCUT2D eigenvalue weighted by Crippen LogP contribution is 2.18. The van der Waals surface area contributed by atoms with Crippen molar-refractivity contribution < 1.29 is 8.42 Å². The van der Waals surface area contributed by atoms with Crippen molar-refractivity contribution in [2.24, 2.45) is 0 Å². The molecular formula is C9H14N2O2S. The van der Waals surface area contributed by atoms with Crippen molar-refractivity contribution in [2.75, 3.05) is 10.6 Å². The topological polar surface area (TPSA) is 50.3 Å². The van der Waals surface area contributed by atoms with Crippen molar-refractivity contribution in [2.45, 2.75) is 19.9 Å². The maximum absolute atomic E-state index is 11.5. The average molecular weight is 214 g/mol. The summed E-state index contributed by atoms with van der Waals surface area (Å²) in [4.78, 5) is 3.90. The first-order chi connectivity index (χ1) is 6.43. The molecule has 1 rings (SSSR count). The molecule has 0 aliphatic rings. The second kappa shape index (κ2) is 3.96. The van der Waals surface area contributed by atoms with E-state index in [1.54, 1.807) is 24.5 Å². The monoisotopic (exact) mass is 214 g/mol. The third kappa shape index (κ3) is 2.45. The standard InChI is InChI=1S/C9H14N2O2S/c1-8(2)11(14(3,12)13)9-5-4-6-10-7-9/h4-8H,1-3H3. The minimum absolute atomic E-state index is 0.103. The molecule has 0 unspecified atom stereocenters. The van der Waals surface area contributed by atoms with Crippen LogP contribution in [0.4, 0.5) is 5.69 Å². The van der Waals surface area contributed by atoms with Gasteiger partial charge in [0.1, 0.15) is 0 Å². The summed E-state index contributed by atoms with van der Waals surface area (Å²) in [5.41, 5.74) is 0.602. The molecule has 0 amide bonds. The van der Waals surface area contributed by atoms with Crippen LogP contribution in [0.2, 0.25) is 0 Å². The number of hydrogen-bond acceptors (Lipinski definition) is 3. The molecule has 0 saturated heterocycles. The maximum atomic E-state index is 11.5. The minimum Gasteiger partial charge on any atom is -0.266 e. The molecule has 0 bridgehead atoms. The van der Waals surface area contributed by atoms with Crippen LogP contribution in [-0.4, -0.2) is 25.7 Å². The lowest BCUT2D eigenvalue weighted by Crippen LogP contribution is -2.36. The van der Waals surface area contributed by atoms with Gasteiger partial charge >= 0.3 is 0 Å². The number of anilines is 1. The number of aromatic nitrogens is 1. The fourth-order valence-corrected chi connectivity index (χ4v) is 2.61. The summed E-state index contributed by atoms with van der Waals surface area (Å²) in [5, 5.41) is 0. The maximum Gasteiger partial charge on any atom is 0.232 e. The number of pyridine rings is 1. The third-order valence-electron chi connectivity index (χ3n) is 1.73. The fourth-order valence-electron chi connectivity index (χ4n) is 1.36. The number of hydrogen-bond donors (Lipinski definition) is 0. The molecule has 0 aromatic carbocycles. The molecule has 0 atom stereocenters.